The first-order valence-electron chi connectivity index (χ1n) is 7.93. The number of rotatable bonds is 7. The fourth-order valence-electron chi connectivity index (χ4n) is 2.93. The molecule has 1 fully saturated rings. The summed E-state index contributed by atoms with van der Waals surface area (Å²) in [4.78, 5) is 2.48. The number of piperidine rings is 1. The van der Waals surface area contributed by atoms with E-state index in [1.54, 1.807) is 14.2 Å². The van der Waals surface area contributed by atoms with E-state index in [9.17, 15) is 0 Å². The standard InChI is InChI=1S/C18H28N2O2/c1-14(2)13-20-9-7-16(8-10-20)19-12-15-5-6-17(21-3)11-18(15)22-4/h5-6,11,16,19H,1,7-10,12-13H2,2-4H3. The Morgan fingerprint density at radius 2 is 2.00 bits per heavy atom. The Balaban J connectivity index is 1.83. The maximum atomic E-state index is 5.45. The lowest BCUT2D eigenvalue weighted by atomic mass is 10.0. The van der Waals surface area contributed by atoms with E-state index in [4.69, 9.17) is 9.47 Å². The first-order chi connectivity index (χ1) is 10.6. The summed E-state index contributed by atoms with van der Waals surface area (Å²) in [5, 5.41) is 3.65. The van der Waals surface area contributed by atoms with Gasteiger partial charge in [0.1, 0.15) is 11.5 Å². The largest absolute Gasteiger partial charge is 0.497 e. The van der Waals surface area contributed by atoms with Crippen LogP contribution >= 0.6 is 0 Å². The van der Waals surface area contributed by atoms with Gasteiger partial charge in [0.2, 0.25) is 0 Å². The second-order valence-corrected chi connectivity index (χ2v) is 6.07. The van der Waals surface area contributed by atoms with E-state index in [0.717, 1.165) is 37.7 Å². The van der Waals surface area contributed by atoms with Gasteiger partial charge in [0, 0.05) is 30.8 Å². The molecule has 0 spiro atoms. The minimum Gasteiger partial charge on any atom is -0.497 e. The van der Waals surface area contributed by atoms with Crippen molar-refractivity contribution in [3.8, 4) is 11.5 Å². The quantitative estimate of drug-likeness (QED) is 0.786. The molecular weight excluding hydrogens is 276 g/mol. The number of likely N-dealkylation sites (tertiary alicyclic amines) is 1. The third-order valence-electron chi connectivity index (χ3n) is 4.16. The van der Waals surface area contributed by atoms with Crippen LogP contribution in [0.25, 0.3) is 0 Å². The van der Waals surface area contributed by atoms with Gasteiger partial charge in [-0.1, -0.05) is 18.2 Å². The van der Waals surface area contributed by atoms with Crippen LogP contribution in [0.1, 0.15) is 25.3 Å². The van der Waals surface area contributed by atoms with E-state index < -0.39 is 0 Å². The highest BCUT2D eigenvalue weighted by atomic mass is 16.5. The van der Waals surface area contributed by atoms with Crippen LogP contribution in [0.2, 0.25) is 0 Å². The second kappa shape index (κ2) is 8.20. The molecule has 122 valence electrons. The minimum absolute atomic E-state index is 0.577. The molecule has 0 aliphatic carbocycles. The molecule has 0 atom stereocenters. The zero-order chi connectivity index (χ0) is 15.9. The number of nitrogens with one attached hydrogen (secondary N) is 1. The SMILES string of the molecule is C=C(C)CN1CCC(NCc2ccc(OC)cc2OC)CC1. The van der Waals surface area contributed by atoms with Crippen molar-refractivity contribution in [2.24, 2.45) is 0 Å². The number of benzene rings is 1. The van der Waals surface area contributed by atoms with Crippen LogP contribution in [0.4, 0.5) is 0 Å². The van der Waals surface area contributed by atoms with E-state index in [0.29, 0.717) is 6.04 Å². The van der Waals surface area contributed by atoms with E-state index in [-0.39, 0.29) is 0 Å². The van der Waals surface area contributed by atoms with Crippen LogP contribution in [-0.2, 0) is 6.54 Å². The summed E-state index contributed by atoms with van der Waals surface area (Å²) in [7, 11) is 3.37. The van der Waals surface area contributed by atoms with E-state index in [2.05, 4.69) is 29.8 Å². The van der Waals surface area contributed by atoms with E-state index >= 15 is 0 Å². The highest BCUT2D eigenvalue weighted by Gasteiger charge is 2.18. The van der Waals surface area contributed by atoms with Crippen molar-refractivity contribution >= 4 is 0 Å². The zero-order valence-corrected chi connectivity index (χ0v) is 14.0. The number of hydrogen-bond donors (Lipinski definition) is 1. The second-order valence-electron chi connectivity index (χ2n) is 6.07. The van der Waals surface area contributed by atoms with E-state index in [1.807, 2.05) is 12.1 Å². The van der Waals surface area contributed by atoms with Crippen molar-refractivity contribution in [1.82, 2.24) is 10.2 Å². The maximum Gasteiger partial charge on any atom is 0.127 e. The fourth-order valence-corrected chi connectivity index (χ4v) is 2.93. The lowest BCUT2D eigenvalue weighted by molar-refractivity contribution is 0.210. The van der Waals surface area contributed by atoms with Crippen LogP contribution in [0.3, 0.4) is 0 Å². The molecule has 0 saturated carbocycles. The van der Waals surface area contributed by atoms with Crippen molar-refractivity contribution in [1.29, 1.82) is 0 Å². The Morgan fingerprint density at radius 1 is 1.27 bits per heavy atom. The van der Waals surface area contributed by atoms with Gasteiger partial charge in [-0.15, -0.1) is 0 Å². The molecule has 1 heterocycles. The first kappa shape index (κ1) is 16.8. The summed E-state index contributed by atoms with van der Waals surface area (Å²) in [6, 6.07) is 6.57. The lowest BCUT2D eigenvalue weighted by Gasteiger charge is -2.32. The average Bonchev–Trinajstić information content (AvgIpc) is 2.53. The Bertz CT molecular complexity index is 494. The van der Waals surface area contributed by atoms with Crippen LogP contribution in [0, 0.1) is 0 Å². The Morgan fingerprint density at radius 3 is 2.59 bits per heavy atom. The molecule has 0 bridgehead atoms. The van der Waals surface area contributed by atoms with Gasteiger partial charge in [0.15, 0.2) is 0 Å². The number of ether oxygens (including phenoxy) is 2. The number of methoxy groups -OCH3 is 2. The molecule has 0 radical (unpaired) electrons. The predicted molar refractivity (Wildman–Crippen MR) is 90.7 cm³/mol. The molecule has 0 amide bonds. The molecule has 1 aliphatic rings. The van der Waals surface area contributed by atoms with Crippen molar-refractivity contribution in [3.63, 3.8) is 0 Å². The van der Waals surface area contributed by atoms with E-state index in [1.165, 1.54) is 24.0 Å². The first-order valence-corrected chi connectivity index (χ1v) is 7.93. The molecule has 1 saturated heterocycles. The van der Waals surface area contributed by atoms with Gasteiger partial charge in [-0.05, 0) is 38.9 Å². The molecular formula is C18H28N2O2. The lowest BCUT2D eigenvalue weighted by Crippen LogP contribution is -2.42. The smallest absolute Gasteiger partial charge is 0.127 e. The Hall–Kier alpha value is -1.52. The fraction of sp³-hybridized carbons (Fsp3) is 0.556. The summed E-state index contributed by atoms with van der Waals surface area (Å²) < 4.78 is 10.7. The van der Waals surface area contributed by atoms with Gasteiger partial charge >= 0.3 is 0 Å². The minimum atomic E-state index is 0.577. The van der Waals surface area contributed by atoms with Gasteiger partial charge in [0.05, 0.1) is 14.2 Å². The highest BCUT2D eigenvalue weighted by Crippen LogP contribution is 2.24. The molecule has 2 rings (SSSR count). The third kappa shape index (κ3) is 4.75. The molecule has 0 unspecified atom stereocenters. The van der Waals surface area contributed by atoms with Crippen LogP contribution in [-0.4, -0.2) is 44.8 Å². The van der Waals surface area contributed by atoms with Gasteiger partial charge in [-0.3, -0.25) is 4.90 Å². The third-order valence-corrected chi connectivity index (χ3v) is 4.16. The topological polar surface area (TPSA) is 33.7 Å². The summed E-state index contributed by atoms with van der Waals surface area (Å²) in [5.74, 6) is 1.71. The molecule has 1 N–H and O–H groups in total. The van der Waals surface area contributed by atoms with Gasteiger partial charge in [-0.25, -0.2) is 0 Å². The van der Waals surface area contributed by atoms with Crippen LogP contribution in [0.5, 0.6) is 11.5 Å². The molecule has 4 nitrogen and oxygen atoms in total. The molecule has 22 heavy (non-hydrogen) atoms. The van der Waals surface area contributed by atoms with Gasteiger partial charge in [0.25, 0.3) is 0 Å². The molecule has 1 aliphatic heterocycles. The van der Waals surface area contributed by atoms with Crippen molar-refractivity contribution in [2.75, 3.05) is 33.9 Å². The maximum absolute atomic E-state index is 5.45. The number of hydrogen-bond acceptors (Lipinski definition) is 4. The molecule has 4 heteroatoms. The van der Waals surface area contributed by atoms with Crippen LogP contribution < -0.4 is 14.8 Å². The van der Waals surface area contributed by atoms with Crippen molar-refractivity contribution < 1.29 is 9.47 Å². The average molecular weight is 304 g/mol. The monoisotopic (exact) mass is 304 g/mol. The summed E-state index contributed by atoms with van der Waals surface area (Å²) in [6.07, 6.45) is 2.37. The Kier molecular flexibility index (Phi) is 6.28. The molecule has 0 aromatic heterocycles. The summed E-state index contributed by atoms with van der Waals surface area (Å²) in [6.45, 7) is 10.2. The van der Waals surface area contributed by atoms with Gasteiger partial charge < -0.3 is 14.8 Å². The van der Waals surface area contributed by atoms with Crippen molar-refractivity contribution in [3.05, 3.63) is 35.9 Å². The highest BCUT2D eigenvalue weighted by molar-refractivity contribution is 5.40. The predicted octanol–water partition coefficient (Wildman–Crippen LogP) is 2.83. The number of nitrogens with zero attached hydrogens (tertiary/aromatic N) is 1. The summed E-state index contributed by atoms with van der Waals surface area (Å²) in [5.41, 5.74) is 2.42. The zero-order valence-electron chi connectivity index (χ0n) is 14.0. The van der Waals surface area contributed by atoms with Gasteiger partial charge in [-0.2, -0.15) is 0 Å². The van der Waals surface area contributed by atoms with Crippen molar-refractivity contribution in [2.45, 2.75) is 32.4 Å². The molecule has 1 aromatic rings. The van der Waals surface area contributed by atoms with Crippen LogP contribution in [0.15, 0.2) is 30.4 Å². The normalized spacial score (nSPS) is 16.5. The summed E-state index contributed by atoms with van der Waals surface area (Å²) >= 11 is 0. The Labute approximate surface area is 134 Å². The molecule has 1 aromatic carbocycles.